The summed E-state index contributed by atoms with van der Waals surface area (Å²) in [6.07, 6.45) is 0.404. The molecule has 0 aliphatic heterocycles. The monoisotopic (exact) mass is 344 g/mol. The van der Waals surface area contributed by atoms with Crippen molar-refractivity contribution in [2.75, 3.05) is 6.61 Å². The summed E-state index contributed by atoms with van der Waals surface area (Å²) in [6.45, 7) is -0.307. The molecule has 1 aliphatic rings. The van der Waals surface area contributed by atoms with E-state index in [2.05, 4.69) is 15.5 Å². The van der Waals surface area contributed by atoms with Crippen LogP contribution >= 0.6 is 0 Å². The van der Waals surface area contributed by atoms with Gasteiger partial charge in [-0.25, -0.2) is 15.1 Å². The van der Waals surface area contributed by atoms with Gasteiger partial charge >= 0.3 is 12.0 Å². The molecular weight excluding hydrogens is 324 g/mol. The fourth-order valence-corrected chi connectivity index (χ4v) is 1.82. The minimum atomic E-state index is -1.21. The Balaban J connectivity index is 1.68. The van der Waals surface area contributed by atoms with Crippen molar-refractivity contribution in [3.63, 3.8) is 0 Å². The minimum Gasteiger partial charge on any atom is -0.480 e. The third-order valence-electron chi connectivity index (χ3n) is 3.47. The van der Waals surface area contributed by atoms with E-state index < -0.39 is 29.8 Å². The van der Waals surface area contributed by atoms with Crippen molar-refractivity contribution in [1.82, 2.24) is 20.9 Å². The van der Waals surface area contributed by atoms with Crippen molar-refractivity contribution in [2.45, 2.75) is 43.5 Å². The number of carboxylic acids is 1. The van der Waals surface area contributed by atoms with Gasteiger partial charge in [0.2, 0.25) is 5.89 Å². The Morgan fingerprint density at radius 1 is 1.42 bits per heavy atom. The zero-order chi connectivity index (χ0) is 17.7. The summed E-state index contributed by atoms with van der Waals surface area (Å²) in [7, 11) is 0. The van der Waals surface area contributed by atoms with Crippen LogP contribution in [0.2, 0.25) is 0 Å². The number of rotatable bonds is 9. The summed E-state index contributed by atoms with van der Waals surface area (Å²) >= 11 is 0. The van der Waals surface area contributed by atoms with Crippen molar-refractivity contribution in [1.29, 1.82) is 0 Å². The van der Waals surface area contributed by atoms with Gasteiger partial charge in [0.05, 0.1) is 12.6 Å². The molecule has 0 radical (unpaired) electrons. The second-order valence-corrected chi connectivity index (χ2v) is 5.47. The highest BCUT2D eigenvalue weighted by Crippen LogP contribution is 2.35. The van der Waals surface area contributed by atoms with Gasteiger partial charge in [0.1, 0.15) is 11.8 Å². The molecule has 0 bridgehead atoms. The second kappa shape index (κ2) is 7.53. The van der Waals surface area contributed by atoms with Gasteiger partial charge in [-0.3, -0.25) is 4.84 Å². The normalized spacial score (nSPS) is 17.8. The van der Waals surface area contributed by atoms with E-state index in [0.717, 1.165) is 0 Å². The van der Waals surface area contributed by atoms with Crippen LogP contribution in [0.15, 0.2) is 4.52 Å². The van der Waals surface area contributed by atoms with E-state index in [-0.39, 0.29) is 31.2 Å². The number of aliphatic hydroxyl groups is 1. The van der Waals surface area contributed by atoms with Gasteiger partial charge in [-0.2, -0.15) is 4.98 Å². The number of nitrogens with one attached hydrogen (secondary N) is 2. The quantitative estimate of drug-likeness (QED) is 0.218. The standard InChI is InChI=1S/C12H20N6O6/c13-6(5-19)9-15-8(24-17-9)2-1-7(14)23-18-11(22)16-12(3-4-12)10(20)21/h6-7,19H,1-5,13-14H2,(H,20,21)(H2,16,18,22)/t6-,7-/m0/s1. The Kier molecular flexibility index (Phi) is 5.66. The maximum Gasteiger partial charge on any atom is 0.339 e. The van der Waals surface area contributed by atoms with Gasteiger partial charge in [-0.05, 0) is 19.3 Å². The van der Waals surface area contributed by atoms with Crippen LogP contribution in [0.3, 0.4) is 0 Å². The van der Waals surface area contributed by atoms with E-state index in [1.807, 2.05) is 5.48 Å². The first-order chi connectivity index (χ1) is 11.4. The number of aryl methyl sites for hydroxylation is 1. The summed E-state index contributed by atoms with van der Waals surface area (Å²) in [4.78, 5) is 31.4. The molecule has 12 nitrogen and oxygen atoms in total. The smallest absolute Gasteiger partial charge is 0.339 e. The van der Waals surface area contributed by atoms with Gasteiger partial charge in [-0.1, -0.05) is 5.16 Å². The van der Waals surface area contributed by atoms with Gasteiger partial charge in [-0.15, -0.1) is 0 Å². The van der Waals surface area contributed by atoms with Crippen molar-refractivity contribution in [3.8, 4) is 0 Å². The van der Waals surface area contributed by atoms with E-state index in [0.29, 0.717) is 12.8 Å². The molecule has 2 rings (SSSR count). The minimum absolute atomic E-state index is 0.183. The van der Waals surface area contributed by atoms with E-state index in [4.69, 9.17) is 31.0 Å². The number of aliphatic carboxylic acids is 1. The lowest BCUT2D eigenvalue weighted by Gasteiger charge is -2.15. The van der Waals surface area contributed by atoms with E-state index in [1.165, 1.54) is 0 Å². The Labute approximate surface area is 136 Å². The number of aliphatic hydroxyl groups excluding tert-OH is 1. The highest BCUT2D eigenvalue weighted by Gasteiger charge is 2.51. The number of carbonyl (C=O) groups excluding carboxylic acids is 1. The number of nitrogens with zero attached hydrogens (tertiary/aromatic N) is 2. The summed E-state index contributed by atoms with van der Waals surface area (Å²) in [6, 6.07) is -1.50. The molecule has 8 N–H and O–H groups in total. The Morgan fingerprint density at radius 3 is 2.71 bits per heavy atom. The molecule has 0 spiro atoms. The predicted molar refractivity (Wildman–Crippen MR) is 77.0 cm³/mol. The van der Waals surface area contributed by atoms with Gasteiger partial charge in [0.25, 0.3) is 0 Å². The summed E-state index contributed by atoms with van der Waals surface area (Å²) < 4.78 is 4.94. The summed E-state index contributed by atoms with van der Waals surface area (Å²) in [5.74, 6) is -0.640. The first-order valence-corrected chi connectivity index (χ1v) is 7.28. The number of carbonyl (C=O) groups is 2. The molecule has 12 heteroatoms. The van der Waals surface area contributed by atoms with Crippen LogP contribution in [0.5, 0.6) is 0 Å². The molecule has 1 aromatic rings. The van der Waals surface area contributed by atoms with Crippen LogP contribution < -0.4 is 22.3 Å². The van der Waals surface area contributed by atoms with E-state index >= 15 is 0 Å². The number of hydrogen-bond donors (Lipinski definition) is 6. The summed E-state index contributed by atoms with van der Waals surface area (Å²) in [5.41, 5.74) is 12.0. The molecule has 24 heavy (non-hydrogen) atoms. The Hall–Kier alpha value is -2.28. The third kappa shape index (κ3) is 4.61. The highest BCUT2D eigenvalue weighted by atomic mass is 16.7. The highest BCUT2D eigenvalue weighted by molar-refractivity contribution is 5.88. The maximum atomic E-state index is 11.5. The maximum absolute atomic E-state index is 11.5. The van der Waals surface area contributed by atoms with E-state index in [1.54, 1.807) is 0 Å². The molecule has 0 aromatic carbocycles. The number of urea groups is 1. The van der Waals surface area contributed by atoms with Crippen LogP contribution in [0, 0.1) is 0 Å². The molecule has 1 saturated carbocycles. The molecule has 1 fully saturated rings. The number of hydroxylamine groups is 1. The number of aromatic nitrogens is 2. The van der Waals surface area contributed by atoms with Crippen LogP contribution in [-0.2, 0) is 16.1 Å². The first-order valence-electron chi connectivity index (χ1n) is 7.28. The first kappa shape index (κ1) is 18.1. The fraction of sp³-hybridized carbons (Fsp3) is 0.667. The van der Waals surface area contributed by atoms with Gasteiger partial charge < -0.3 is 31.5 Å². The fourth-order valence-electron chi connectivity index (χ4n) is 1.82. The van der Waals surface area contributed by atoms with Crippen molar-refractivity contribution < 1.29 is 29.2 Å². The lowest BCUT2D eigenvalue weighted by atomic mass is 10.3. The number of hydrogen-bond acceptors (Lipinski definition) is 9. The lowest BCUT2D eigenvalue weighted by Crippen LogP contribution is -2.49. The number of amides is 2. The van der Waals surface area contributed by atoms with Crippen LogP contribution in [-0.4, -0.2) is 50.7 Å². The van der Waals surface area contributed by atoms with Crippen LogP contribution in [0.1, 0.15) is 37.0 Å². The molecule has 1 heterocycles. The second-order valence-electron chi connectivity index (χ2n) is 5.47. The Bertz CT molecular complexity index is 588. The molecule has 0 unspecified atom stereocenters. The van der Waals surface area contributed by atoms with Crippen molar-refractivity contribution in [3.05, 3.63) is 11.7 Å². The predicted octanol–water partition coefficient (Wildman–Crippen LogP) is -1.87. The van der Waals surface area contributed by atoms with Gasteiger partial charge in [0.15, 0.2) is 5.82 Å². The average molecular weight is 344 g/mol. The lowest BCUT2D eigenvalue weighted by molar-refractivity contribution is -0.140. The molecule has 2 amide bonds. The molecule has 1 aliphatic carbocycles. The average Bonchev–Trinajstić information content (AvgIpc) is 3.18. The molecule has 134 valence electrons. The van der Waals surface area contributed by atoms with Gasteiger partial charge in [0, 0.05) is 6.42 Å². The summed E-state index contributed by atoms with van der Waals surface area (Å²) in [5, 5.41) is 23.8. The number of nitrogens with two attached hydrogens (primary N) is 2. The number of carboxylic acid groups (broad SMARTS) is 1. The third-order valence-corrected chi connectivity index (χ3v) is 3.47. The van der Waals surface area contributed by atoms with Crippen molar-refractivity contribution >= 4 is 12.0 Å². The largest absolute Gasteiger partial charge is 0.480 e. The molecular formula is C12H20N6O6. The topological polar surface area (TPSA) is 199 Å². The zero-order valence-electron chi connectivity index (χ0n) is 12.8. The van der Waals surface area contributed by atoms with Crippen LogP contribution in [0.25, 0.3) is 0 Å². The van der Waals surface area contributed by atoms with Crippen molar-refractivity contribution in [2.24, 2.45) is 11.5 Å². The molecule has 0 saturated heterocycles. The molecule has 1 aromatic heterocycles. The van der Waals surface area contributed by atoms with E-state index in [9.17, 15) is 9.59 Å². The SMILES string of the molecule is N[C@H](CCc1nc([C@@H](N)CO)no1)ONC(=O)NC1(C(=O)O)CC1. The van der Waals surface area contributed by atoms with Crippen LogP contribution in [0.4, 0.5) is 4.79 Å². The molecule has 2 atom stereocenters. The Morgan fingerprint density at radius 2 is 2.12 bits per heavy atom. The zero-order valence-corrected chi connectivity index (χ0v) is 12.8.